The quantitative estimate of drug-likeness (QED) is 0.786. The molecule has 1 amide bonds. The van der Waals surface area contributed by atoms with Crippen LogP contribution in [0.5, 0.6) is 0 Å². The van der Waals surface area contributed by atoms with Gasteiger partial charge >= 0.3 is 6.18 Å². The number of halogens is 4. The van der Waals surface area contributed by atoms with Gasteiger partial charge in [-0.2, -0.15) is 18.2 Å². The Kier molecular flexibility index (Phi) is 4.02. The molecule has 2 heterocycles. The fourth-order valence-electron chi connectivity index (χ4n) is 2.73. The fraction of sp³-hybridized carbons (Fsp3) is 0.400. The van der Waals surface area contributed by atoms with Crippen molar-refractivity contribution in [2.45, 2.75) is 25.4 Å². The number of aryl methyl sites for hydroxylation is 1. The zero-order valence-electron chi connectivity index (χ0n) is 12.6. The first-order valence-electron chi connectivity index (χ1n) is 7.22. The SMILES string of the molecule is Cc1noc(C2CCN(C(=O)c3ccc(F)cc3C(F)(F)F)C2)n1. The molecule has 24 heavy (non-hydrogen) atoms. The van der Waals surface area contributed by atoms with Crippen LogP contribution in [0.4, 0.5) is 17.6 Å². The van der Waals surface area contributed by atoms with Gasteiger partial charge in [0, 0.05) is 13.1 Å². The average Bonchev–Trinajstić information content (AvgIpc) is 3.14. The molecule has 9 heteroatoms. The van der Waals surface area contributed by atoms with Gasteiger partial charge in [0.2, 0.25) is 5.89 Å². The van der Waals surface area contributed by atoms with Gasteiger partial charge in [-0.25, -0.2) is 4.39 Å². The maximum Gasteiger partial charge on any atom is 0.417 e. The third-order valence-corrected chi connectivity index (χ3v) is 3.89. The second kappa shape index (κ2) is 5.88. The van der Waals surface area contributed by atoms with Crippen molar-refractivity contribution in [3.05, 3.63) is 46.9 Å². The molecule has 3 rings (SSSR count). The zero-order valence-corrected chi connectivity index (χ0v) is 12.6. The first kappa shape index (κ1) is 16.4. The number of aromatic nitrogens is 2. The van der Waals surface area contributed by atoms with E-state index < -0.39 is 29.0 Å². The molecule has 5 nitrogen and oxygen atoms in total. The third kappa shape index (κ3) is 3.10. The molecule has 0 aliphatic carbocycles. The van der Waals surface area contributed by atoms with E-state index in [1.807, 2.05) is 0 Å². The summed E-state index contributed by atoms with van der Waals surface area (Å²) in [6, 6.07) is 2.05. The minimum Gasteiger partial charge on any atom is -0.339 e. The number of hydrogen-bond acceptors (Lipinski definition) is 4. The van der Waals surface area contributed by atoms with E-state index in [-0.39, 0.29) is 19.0 Å². The molecule has 128 valence electrons. The Morgan fingerprint density at radius 2 is 2.12 bits per heavy atom. The molecule has 1 aromatic carbocycles. The summed E-state index contributed by atoms with van der Waals surface area (Å²) >= 11 is 0. The van der Waals surface area contributed by atoms with Crippen molar-refractivity contribution < 1.29 is 26.9 Å². The number of nitrogens with zero attached hydrogens (tertiary/aromatic N) is 3. The smallest absolute Gasteiger partial charge is 0.339 e. The fourth-order valence-corrected chi connectivity index (χ4v) is 2.73. The van der Waals surface area contributed by atoms with Gasteiger partial charge in [-0.1, -0.05) is 5.16 Å². The molecule has 0 radical (unpaired) electrons. The van der Waals surface area contributed by atoms with Crippen LogP contribution >= 0.6 is 0 Å². The molecule has 1 aliphatic heterocycles. The summed E-state index contributed by atoms with van der Waals surface area (Å²) in [7, 11) is 0. The zero-order chi connectivity index (χ0) is 17.5. The van der Waals surface area contributed by atoms with E-state index in [9.17, 15) is 22.4 Å². The van der Waals surface area contributed by atoms with Crippen LogP contribution in [-0.2, 0) is 6.18 Å². The van der Waals surface area contributed by atoms with E-state index in [1.165, 1.54) is 4.90 Å². The van der Waals surface area contributed by atoms with Crippen molar-refractivity contribution in [1.82, 2.24) is 15.0 Å². The van der Waals surface area contributed by atoms with E-state index >= 15 is 0 Å². The highest BCUT2D eigenvalue weighted by Gasteiger charge is 2.38. The number of alkyl halides is 3. The topological polar surface area (TPSA) is 59.2 Å². The molecule has 2 aromatic rings. The molecule has 0 bridgehead atoms. The summed E-state index contributed by atoms with van der Waals surface area (Å²) in [6.45, 7) is 2.09. The maximum absolute atomic E-state index is 13.2. The van der Waals surface area contributed by atoms with Crippen LogP contribution in [0.15, 0.2) is 22.7 Å². The van der Waals surface area contributed by atoms with Gasteiger partial charge in [0.05, 0.1) is 17.0 Å². The largest absolute Gasteiger partial charge is 0.417 e. The number of hydrogen-bond donors (Lipinski definition) is 0. The van der Waals surface area contributed by atoms with Crippen molar-refractivity contribution in [1.29, 1.82) is 0 Å². The van der Waals surface area contributed by atoms with Gasteiger partial charge in [-0.15, -0.1) is 0 Å². The second-order valence-corrected chi connectivity index (χ2v) is 5.60. The van der Waals surface area contributed by atoms with E-state index in [4.69, 9.17) is 4.52 Å². The summed E-state index contributed by atoms with van der Waals surface area (Å²) in [5.74, 6) is -1.24. The predicted molar refractivity (Wildman–Crippen MR) is 73.7 cm³/mol. The Morgan fingerprint density at radius 3 is 2.75 bits per heavy atom. The minimum absolute atomic E-state index is 0.176. The molecule has 0 saturated carbocycles. The molecule has 1 aromatic heterocycles. The highest BCUT2D eigenvalue weighted by Crippen LogP contribution is 2.34. The summed E-state index contributed by atoms with van der Waals surface area (Å²) < 4.78 is 57.3. The highest BCUT2D eigenvalue weighted by atomic mass is 19.4. The molecular weight excluding hydrogens is 330 g/mol. The van der Waals surface area contributed by atoms with Crippen LogP contribution < -0.4 is 0 Å². The molecule has 0 N–H and O–H groups in total. The van der Waals surface area contributed by atoms with Gasteiger partial charge in [0.1, 0.15) is 5.82 Å². The van der Waals surface area contributed by atoms with E-state index in [2.05, 4.69) is 10.1 Å². The van der Waals surface area contributed by atoms with E-state index in [0.29, 0.717) is 24.2 Å². The summed E-state index contributed by atoms with van der Waals surface area (Å²) in [6.07, 6.45) is -4.30. The van der Waals surface area contributed by atoms with E-state index in [0.717, 1.165) is 12.1 Å². The molecule has 1 unspecified atom stereocenters. The van der Waals surface area contributed by atoms with Gasteiger partial charge in [0.25, 0.3) is 5.91 Å². The number of carbonyl (C=O) groups is 1. The Labute approximate surface area is 134 Å². The number of carbonyl (C=O) groups excluding carboxylic acids is 1. The first-order chi connectivity index (χ1) is 11.3. The monoisotopic (exact) mass is 343 g/mol. The van der Waals surface area contributed by atoms with Crippen molar-refractivity contribution in [3.8, 4) is 0 Å². The Bertz CT molecular complexity index is 772. The Balaban J connectivity index is 1.83. The summed E-state index contributed by atoms with van der Waals surface area (Å²) in [4.78, 5) is 17.8. The van der Waals surface area contributed by atoms with Crippen molar-refractivity contribution in [3.63, 3.8) is 0 Å². The molecule has 1 saturated heterocycles. The molecule has 1 aliphatic rings. The lowest BCUT2D eigenvalue weighted by Crippen LogP contribution is -2.30. The third-order valence-electron chi connectivity index (χ3n) is 3.89. The Hall–Kier alpha value is -2.45. The van der Waals surface area contributed by atoms with Gasteiger partial charge in [-0.3, -0.25) is 4.79 Å². The van der Waals surface area contributed by atoms with Crippen molar-refractivity contribution in [2.24, 2.45) is 0 Å². The number of amides is 1. The number of benzene rings is 1. The van der Waals surface area contributed by atoms with Gasteiger partial charge in [-0.05, 0) is 31.5 Å². The van der Waals surface area contributed by atoms with Gasteiger partial charge < -0.3 is 9.42 Å². The van der Waals surface area contributed by atoms with Crippen LogP contribution in [0.3, 0.4) is 0 Å². The molecule has 1 atom stereocenters. The van der Waals surface area contributed by atoms with Crippen molar-refractivity contribution in [2.75, 3.05) is 13.1 Å². The second-order valence-electron chi connectivity index (χ2n) is 5.60. The molecule has 1 fully saturated rings. The van der Waals surface area contributed by atoms with E-state index in [1.54, 1.807) is 6.92 Å². The highest BCUT2D eigenvalue weighted by molar-refractivity contribution is 5.96. The minimum atomic E-state index is -4.81. The lowest BCUT2D eigenvalue weighted by molar-refractivity contribution is -0.138. The predicted octanol–water partition coefficient (Wildman–Crippen LogP) is 3.17. The Morgan fingerprint density at radius 1 is 1.38 bits per heavy atom. The maximum atomic E-state index is 13.2. The van der Waals surface area contributed by atoms with Crippen LogP contribution in [0, 0.1) is 12.7 Å². The average molecular weight is 343 g/mol. The molecular formula is C15H13F4N3O2. The standard InChI is InChI=1S/C15H13F4N3O2/c1-8-20-13(24-21-8)9-4-5-22(7-9)14(23)11-3-2-10(16)6-12(11)15(17,18)19/h2-3,6,9H,4-5,7H2,1H3. The summed E-state index contributed by atoms with van der Waals surface area (Å²) in [5.41, 5.74) is -1.84. The van der Waals surface area contributed by atoms with Crippen LogP contribution in [0.2, 0.25) is 0 Å². The van der Waals surface area contributed by atoms with Crippen molar-refractivity contribution >= 4 is 5.91 Å². The summed E-state index contributed by atoms with van der Waals surface area (Å²) in [5, 5.41) is 3.67. The normalized spacial score (nSPS) is 18.2. The van der Waals surface area contributed by atoms with Gasteiger partial charge in [0.15, 0.2) is 5.82 Å². The van der Waals surface area contributed by atoms with Crippen LogP contribution in [-0.4, -0.2) is 34.0 Å². The van der Waals surface area contributed by atoms with Crippen LogP contribution in [0.1, 0.15) is 40.0 Å². The molecule has 0 spiro atoms. The first-order valence-corrected chi connectivity index (χ1v) is 7.22. The van der Waals surface area contributed by atoms with Crippen LogP contribution in [0.25, 0.3) is 0 Å². The number of rotatable bonds is 2. The lowest BCUT2D eigenvalue weighted by atomic mass is 10.1. The lowest BCUT2D eigenvalue weighted by Gasteiger charge is -2.19. The number of likely N-dealkylation sites (tertiary alicyclic amines) is 1.